The fraction of sp³-hybridized carbons (Fsp3) is 0.429. The average Bonchev–Trinajstić information content (AvgIpc) is 3.10. The van der Waals surface area contributed by atoms with Crippen molar-refractivity contribution in [3.05, 3.63) is 53.5 Å². The molecule has 0 unspecified atom stereocenters. The van der Waals surface area contributed by atoms with Gasteiger partial charge in [0.15, 0.2) is 5.82 Å². The number of carbonyl (C=O) groups is 1. The number of carbonyl (C=O) groups excluding carboxylic acids is 1. The molecule has 7 nitrogen and oxygen atoms in total. The largest absolute Gasteiger partial charge is 0.466 e. The van der Waals surface area contributed by atoms with Crippen LogP contribution in [0.25, 0.3) is 5.78 Å². The van der Waals surface area contributed by atoms with Crippen LogP contribution in [0.3, 0.4) is 0 Å². The predicted molar refractivity (Wildman–Crippen MR) is 106 cm³/mol. The summed E-state index contributed by atoms with van der Waals surface area (Å²) in [5.74, 6) is 2.26. The van der Waals surface area contributed by atoms with Gasteiger partial charge in [-0.1, -0.05) is 30.3 Å². The number of fused-ring (bicyclic) bond motifs is 1. The van der Waals surface area contributed by atoms with E-state index in [4.69, 9.17) is 9.84 Å². The van der Waals surface area contributed by atoms with Crippen molar-refractivity contribution in [2.24, 2.45) is 5.92 Å². The van der Waals surface area contributed by atoms with Crippen LogP contribution >= 0.6 is 0 Å². The fourth-order valence-electron chi connectivity index (χ4n) is 3.69. The van der Waals surface area contributed by atoms with Gasteiger partial charge in [0.1, 0.15) is 5.82 Å². The van der Waals surface area contributed by atoms with Gasteiger partial charge in [-0.2, -0.15) is 9.50 Å². The summed E-state index contributed by atoms with van der Waals surface area (Å²) in [5, 5.41) is 4.72. The number of benzene rings is 1. The summed E-state index contributed by atoms with van der Waals surface area (Å²) in [6.07, 6.45) is 2.24. The maximum atomic E-state index is 12.0. The van der Waals surface area contributed by atoms with Crippen molar-refractivity contribution in [3.63, 3.8) is 0 Å². The number of hydrogen-bond donors (Lipinski definition) is 0. The van der Waals surface area contributed by atoms with E-state index in [1.54, 1.807) is 0 Å². The fourth-order valence-corrected chi connectivity index (χ4v) is 3.69. The van der Waals surface area contributed by atoms with Gasteiger partial charge in [-0.3, -0.25) is 4.79 Å². The highest BCUT2D eigenvalue weighted by atomic mass is 16.5. The predicted octanol–water partition coefficient (Wildman–Crippen LogP) is 2.80. The smallest absolute Gasteiger partial charge is 0.309 e. The highest BCUT2D eigenvalue weighted by Crippen LogP contribution is 2.25. The van der Waals surface area contributed by atoms with Crippen LogP contribution in [-0.2, 0) is 16.0 Å². The van der Waals surface area contributed by atoms with E-state index in [1.807, 2.05) is 42.6 Å². The van der Waals surface area contributed by atoms with Crippen molar-refractivity contribution >= 4 is 17.6 Å². The summed E-state index contributed by atoms with van der Waals surface area (Å²) >= 11 is 0. The third-order valence-electron chi connectivity index (χ3n) is 5.11. The molecule has 1 aromatic carbocycles. The van der Waals surface area contributed by atoms with Crippen molar-refractivity contribution in [1.82, 2.24) is 19.6 Å². The van der Waals surface area contributed by atoms with Gasteiger partial charge in [-0.05, 0) is 32.3 Å². The number of nitrogens with zero attached hydrogens (tertiary/aromatic N) is 5. The molecular formula is C21H25N5O2. The highest BCUT2D eigenvalue weighted by molar-refractivity contribution is 5.72. The first-order chi connectivity index (χ1) is 13.6. The summed E-state index contributed by atoms with van der Waals surface area (Å²) in [7, 11) is 0. The summed E-state index contributed by atoms with van der Waals surface area (Å²) in [6, 6.07) is 12.2. The lowest BCUT2D eigenvalue weighted by Gasteiger charge is -2.32. The van der Waals surface area contributed by atoms with Crippen LogP contribution < -0.4 is 4.90 Å². The average molecular weight is 379 g/mol. The molecule has 0 N–H and O–H groups in total. The van der Waals surface area contributed by atoms with E-state index >= 15 is 0 Å². The maximum Gasteiger partial charge on any atom is 0.309 e. The standard InChI is InChI=1S/C21H25N5O2/c1-3-28-20(27)17-9-11-25(12-10-17)19-13-15(2)22-21-23-18(24-26(19)21)14-16-7-5-4-6-8-16/h4-8,13,17H,3,9-12,14H2,1-2H3. The zero-order valence-corrected chi connectivity index (χ0v) is 16.3. The first-order valence-corrected chi connectivity index (χ1v) is 9.83. The second-order valence-electron chi connectivity index (χ2n) is 7.17. The zero-order valence-electron chi connectivity index (χ0n) is 16.3. The summed E-state index contributed by atoms with van der Waals surface area (Å²) in [6.45, 7) is 5.83. The third-order valence-corrected chi connectivity index (χ3v) is 5.11. The van der Waals surface area contributed by atoms with E-state index in [0.717, 1.165) is 43.3 Å². The number of aromatic nitrogens is 4. The Labute approximate surface area is 164 Å². The maximum absolute atomic E-state index is 12.0. The Kier molecular flexibility index (Phi) is 5.23. The van der Waals surface area contributed by atoms with E-state index < -0.39 is 0 Å². The van der Waals surface area contributed by atoms with Gasteiger partial charge in [-0.25, -0.2) is 4.98 Å². The summed E-state index contributed by atoms with van der Waals surface area (Å²) in [4.78, 5) is 23.5. The number of piperidine rings is 1. The van der Waals surface area contributed by atoms with Crippen LogP contribution in [0.2, 0.25) is 0 Å². The molecule has 7 heteroatoms. The zero-order chi connectivity index (χ0) is 19.5. The van der Waals surface area contributed by atoms with Crippen LogP contribution in [0, 0.1) is 12.8 Å². The van der Waals surface area contributed by atoms with Crippen molar-refractivity contribution < 1.29 is 9.53 Å². The lowest BCUT2D eigenvalue weighted by atomic mass is 9.97. The molecule has 1 aliphatic heterocycles. The van der Waals surface area contributed by atoms with Crippen molar-refractivity contribution in [1.29, 1.82) is 0 Å². The second kappa shape index (κ2) is 7.96. The van der Waals surface area contributed by atoms with Gasteiger partial charge >= 0.3 is 5.97 Å². The molecule has 0 bridgehead atoms. The van der Waals surface area contributed by atoms with Crippen molar-refractivity contribution in [3.8, 4) is 0 Å². The second-order valence-corrected chi connectivity index (χ2v) is 7.17. The van der Waals surface area contributed by atoms with Gasteiger partial charge < -0.3 is 9.64 Å². The summed E-state index contributed by atoms with van der Waals surface area (Å²) < 4.78 is 7.01. The van der Waals surface area contributed by atoms with Gasteiger partial charge in [0.2, 0.25) is 0 Å². The van der Waals surface area contributed by atoms with E-state index in [1.165, 1.54) is 5.56 Å². The Morgan fingerprint density at radius 2 is 1.93 bits per heavy atom. The number of rotatable bonds is 5. The first kappa shape index (κ1) is 18.4. The SMILES string of the molecule is CCOC(=O)C1CCN(c2cc(C)nc3nc(Cc4ccccc4)nn23)CC1. The quantitative estimate of drug-likeness (QED) is 0.635. The Morgan fingerprint density at radius 3 is 2.64 bits per heavy atom. The van der Waals surface area contributed by atoms with E-state index in [0.29, 0.717) is 18.8 Å². The molecule has 1 fully saturated rings. The number of esters is 1. The molecule has 0 amide bonds. The number of anilines is 1. The van der Waals surface area contributed by atoms with Gasteiger partial charge in [0, 0.05) is 31.3 Å². The topological polar surface area (TPSA) is 72.6 Å². The third kappa shape index (κ3) is 3.83. The van der Waals surface area contributed by atoms with Crippen LogP contribution in [0.5, 0.6) is 0 Å². The molecule has 3 aromatic rings. The molecule has 1 aliphatic rings. The van der Waals surface area contributed by atoms with Crippen LogP contribution in [0.15, 0.2) is 36.4 Å². The Bertz CT molecular complexity index is 962. The molecule has 1 saturated heterocycles. The van der Waals surface area contributed by atoms with Crippen LogP contribution in [0.1, 0.15) is 36.8 Å². The lowest BCUT2D eigenvalue weighted by molar-refractivity contribution is -0.148. The van der Waals surface area contributed by atoms with E-state index in [2.05, 4.69) is 27.0 Å². The molecule has 0 spiro atoms. The molecule has 3 heterocycles. The van der Waals surface area contributed by atoms with Crippen LogP contribution in [0.4, 0.5) is 5.82 Å². The van der Waals surface area contributed by atoms with Crippen molar-refractivity contribution in [2.75, 3.05) is 24.6 Å². The molecule has 0 radical (unpaired) electrons. The minimum absolute atomic E-state index is 0.0148. The minimum Gasteiger partial charge on any atom is -0.466 e. The van der Waals surface area contributed by atoms with Crippen molar-refractivity contribution in [2.45, 2.75) is 33.1 Å². The molecule has 0 aliphatic carbocycles. The van der Waals surface area contributed by atoms with Gasteiger partial charge in [0.25, 0.3) is 5.78 Å². The molecule has 0 atom stereocenters. The first-order valence-electron chi connectivity index (χ1n) is 9.83. The molecule has 4 rings (SSSR count). The summed E-state index contributed by atoms with van der Waals surface area (Å²) in [5.41, 5.74) is 2.08. The Hall–Kier alpha value is -2.96. The molecule has 146 valence electrons. The Balaban J connectivity index is 1.56. The molecular weight excluding hydrogens is 354 g/mol. The van der Waals surface area contributed by atoms with E-state index in [9.17, 15) is 4.79 Å². The lowest BCUT2D eigenvalue weighted by Crippen LogP contribution is -2.38. The molecule has 2 aromatic heterocycles. The highest BCUT2D eigenvalue weighted by Gasteiger charge is 2.27. The van der Waals surface area contributed by atoms with Crippen LogP contribution in [-0.4, -0.2) is 45.2 Å². The number of aryl methyl sites for hydroxylation is 1. The number of ether oxygens (including phenoxy) is 1. The van der Waals surface area contributed by atoms with Gasteiger partial charge in [0.05, 0.1) is 12.5 Å². The van der Waals surface area contributed by atoms with Gasteiger partial charge in [-0.15, -0.1) is 5.10 Å². The minimum atomic E-state index is -0.0795. The normalized spacial score (nSPS) is 15.1. The Morgan fingerprint density at radius 1 is 1.18 bits per heavy atom. The number of hydrogen-bond acceptors (Lipinski definition) is 6. The molecule has 28 heavy (non-hydrogen) atoms. The monoisotopic (exact) mass is 379 g/mol. The van der Waals surface area contributed by atoms with E-state index in [-0.39, 0.29) is 11.9 Å². The molecule has 0 saturated carbocycles.